The topological polar surface area (TPSA) is 56.5 Å². The fourth-order valence-electron chi connectivity index (χ4n) is 6.64. The summed E-state index contributed by atoms with van der Waals surface area (Å²) in [7, 11) is 0. The molecule has 5 nitrogen and oxygen atoms in total. The highest BCUT2D eigenvalue weighted by Crippen LogP contribution is 2.49. The first-order valence-electron chi connectivity index (χ1n) is 14.4. The normalized spacial score (nSPS) is 13.5. The van der Waals surface area contributed by atoms with E-state index in [9.17, 15) is 0 Å². The van der Waals surface area contributed by atoms with Crippen LogP contribution in [-0.2, 0) is 5.41 Å². The molecule has 0 spiro atoms. The van der Waals surface area contributed by atoms with Crippen molar-refractivity contribution in [3.63, 3.8) is 0 Å². The van der Waals surface area contributed by atoms with Gasteiger partial charge in [0.1, 0.15) is 0 Å². The quantitative estimate of drug-likeness (QED) is 0.212. The van der Waals surface area contributed by atoms with Crippen molar-refractivity contribution in [3.8, 4) is 39.3 Å². The molecular weight excluding hydrogens is 547 g/mol. The van der Waals surface area contributed by atoms with E-state index in [4.69, 9.17) is 19.9 Å². The van der Waals surface area contributed by atoms with Crippen LogP contribution < -0.4 is 0 Å². The van der Waals surface area contributed by atoms with Crippen LogP contribution in [0.5, 0.6) is 0 Å². The van der Waals surface area contributed by atoms with Gasteiger partial charge >= 0.3 is 0 Å². The van der Waals surface area contributed by atoms with Crippen LogP contribution in [0.2, 0.25) is 0 Å². The van der Waals surface area contributed by atoms with Gasteiger partial charge in [-0.05, 0) is 52.6 Å². The summed E-state index contributed by atoms with van der Waals surface area (Å²) in [4.78, 5) is 20.3. The third kappa shape index (κ3) is 3.57. The van der Waals surface area contributed by atoms with Crippen LogP contribution in [0.15, 0.2) is 115 Å². The van der Waals surface area contributed by atoms with Crippen molar-refractivity contribution in [2.45, 2.75) is 19.3 Å². The number of para-hydroxylation sites is 3. The van der Waals surface area contributed by atoms with Gasteiger partial charge in [-0.2, -0.15) is 9.97 Å². The number of aromatic nitrogens is 5. The molecule has 0 aliphatic heterocycles. The molecule has 0 N–H and O–H groups in total. The predicted molar refractivity (Wildman–Crippen MR) is 176 cm³/mol. The molecule has 3 aromatic heterocycles. The molecule has 9 rings (SSSR count). The summed E-state index contributed by atoms with van der Waals surface area (Å²) >= 11 is 1.61. The molecule has 0 fully saturated rings. The lowest BCUT2D eigenvalue weighted by Crippen LogP contribution is -2.15. The molecule has 8 aromatic rings. The van der Waals surface area contributed by atoms with Gasteiger partial charge in [-0.15, -0.1) is 11.3 Å². The second-order valence-corrected chi connectivity index (χ2v) is 12.6. The Balaban J connectivity index is 1.31. The van der Waals surface area contributed by atoms with Crippen molar-refractivity contribution in [1.29, 1.82) is 0 Å². The Labute approximate surface area is 252 Å². The fourth-order valence-corrected chi connectivity index (χ4v) is 7.54. The van der Waals surface area contributed by atoms with Gasteiger partial charge in [0.2, 0.25) is 5.95 Å². The molecule has 1 aliphatic carbocycles. The number of fused-ring (bicyclic) bond motifs is 7. The predicted octanol–water partition coefficient (Wildman–Crippen LogP) is 9.22. The maximum Gasteiger partial charge on any atom is 0.238 e. The van der Waals surface area contributed by atoms with E-state index in [2.05, 4.69) is 115 Å². The second-order valence-electron chi connectivity index (χ2n) is 11.6. The average molecular weight is 572 g/mol. The van der Waals surface area contributed by atoms with E-state index < -0.39 is 0 Å². The average Bonchev–Trinajstić information content (AvgIpc) is 3.70. The maximum atomic E-state index is 5.17. The molecule has 3 heterocycles. The third-order valence-corrected chi connectivity index (χ3v) is 9.76. The van der Waals surface area contributed by atoms with E-state index in [1.54, 1.807) is 11.3 Å². The van der Waals surface area contributed by atoms with Gasteiger partial charge in [-0.3, -0.25) is 4.57 Å². The monoisotopic (exact) mass is 571 g/mol. The molecule has 0 atom stereocenters. The van der Waals surface area contributed by atoms with Crippen LogP contribution in [0.3, 0.4) is 0 Å². The van der Waals surface area contributed by atoms with Gasteiger partial charge in [0, 0.05) is 21.8 Å². The minimum Gasteiger partial charge on any atom is -0.278 e. The number of thiazole rings is 1. The molecule has 0 saturated heterocycles. The molecule has 0 unspecified atom stereocenters. The Morgan fingerprint density at radius 3 is 2.02 bits per heavy atom. The lowest BCUT2D eigenvalue weighted by atomic mass is 9.82. The minimum absolute atomic E-state index is 0.125. The summed E-state index contributed by atoms with van der Waals surface area (Å²) in [6.45, 7) is 4.59. The standard InChI is InChI=1S/C37H25N5S/c1-37(2)27-14-6-3-11-23(27)24-20-19-22(21-28(24)37)33-39-34(35-38-29-15-7-10-18-32(29)43-35)41-36(40-33)42-30-16-8-4-12-25(30)26-13-5-9-17-31(26)42/h3-21H,1-2H3. The Bertz CT molecular complexity index is 2310. The SMILES string of the molecule is CC1(C)c2ccccc2-c2ccc(-c3nc(-c4nc5ccccc5s4)nc(-n4c5ccccc5c5ccccc54)n3)cc21. The van der Waals surface area contributed by atoms with Crippen molar-refractivity contribution >= 4 is 43.4 Å². The largest absolute Gasteiger partial charge is 0.278 e. The molecule has 1 aliphatic rings. The van der Waals surface area contributed by atoms with E-state index in [1.807, 2.05) is 18.2 Å². The minimum atomic E-state index is -0.125. The molecule has 43 heavy (non-hydrogen) atoms. The summed E-state index contributed by atoms with van der Waals surface area (Å²) < 4.78 is 3.26. The van der Waals surface area contributed by atoms with Gasteiger partial charge in [0.25, 0.3) is 0 Å². The Hall–Kier alpha value is -5.20. The van der Waals surface area contributed by atoms with Gasteiger partial charge in [-0.25, -0.2) is 9.97 Å². The van der Waals surface area contributed by atoms with Crippen molar-refractivity contribution in [2.75, 3.05) is 0 Å². The third-order valence-electron chi connectivity index (χ3n) is 8.73. The number of hydrogen-bond donors (Lipinski definition) is 0. The van der Waals surface area contributed by atoms with Gasteiger partial charge in [0.15, 0.2) is 16.7 Å². The summed E-state index contributed by atoms with van der Waals surface area (Å²) in [6, 6.07) is 40.4. The number of nitrogens with zero attached hydrogens (tertiary/aromatic N) is 5. The Morgan fingerprint density at radius 1 is 0.581 bits per heavy atom. The van der Waals surface area contributed by atoms with Crippen LogP contribution >= 0.6 is 11.3 Å². The fraction of sp³-hybridized carbons (Fsp3) is 0.0811. The van der Waals surface area contributed by atoms with Crippen molar-refractivity contribution in [1.82, 2.24) is 24.5 Å². The van der Waals surface area contributed by atoms with Crippen LogP contribution in [0.1, 0.15) is 25.0 Å². The first-order chi connectivity index (χ1) is 21.1. The zero-order valence-electron chi connectivity index (χ0n) is 23.6. The van der Waals surface area contributed by atoms with Crippen molar-refractivity contribution in [3.05, 3.63) is 126 Å². The second kappa shape index (κ2) is 8.90. The lowest BCUT2D eigenvalue weighted by Gasteiger charge is -2.21. The van der Waals surface area contributed by atoms with Gasteiger partial charge in [-0.1, -0.05) is 98.8 Å². The van der Waals surface area contributed by atoms with Crippen LogP contribution in [0.4, 0.5) is 0 Å². The number of benzene rings is 5. The maximum absolute atomic E-state index is 5.17. The summed E-state index contributed by atoms with van der Waals surface area (Å²) in [5.74, 6) is 1.79. The number of rotatable bonds is 3. The van der Waals surface area contributed by atoms with Crippen LogP contribution in [0, 0.1) is 0 Å². The highest BCUT2D eigenvalue weighted by atomic mass is 32.1. The summed E-state index contributed by atoms with van der Waals surface area (Å²) in [5.41, 5.74) is 9.10. The lowest BCUT2D eigenvalue weighted by molar-refractivity contribution is 0.660. The first-order valence-corrected chi connectivity index (χ1v) is 15.2. The zero-order valence-corrected chi connectivity index (χ0v) is 24.4. The molecule has 0 amide bonds. The van der Waals surface area contributed by atoms with E-state index in [-0.39, 0.29) is 5.41 Å². The van der Waals surface area contributed by atoms with Crippen molar-refractivity contribution < 1.29 is 0 Å². The van der Waals surface area contributed by atoms with Gasteiger partial charge in [0.05, 0.1) is 21.3 Å². The van der Waals surface area contributed by atoms with Crippen LogP contribution in [-0.4, -0.2) is 24.5 Å². The van der Waals surface area contributed by atoms with Gasteiger partial charge < -0.3 is 0 Å². The first kappa shape index (κ1) is 24.4. The van der Waals surface area contributed by atoms with E-state index >= 15 is 0 Å². The van der Waals surface area contributed by atoms with E-state index in [1.165, 1.54) is 33.0 Å². The smallest absolute Gasteiger partial charge is 0.238 e. The summed E-state index contributed by atoms with van der Waals surface area (Å²) in [6.07, 6.45) is 0. The van der Waals surface area contributed by atoms with Crippen molar-refractivity contribution in [2.24, 2.45) is 0 Å². The van der Waals surface area contributed by atoms with E-state index in [0.29, 0.717) is 17.6 Å². The molecule has 0 radical (unpaired) electrons. The molecule has 0 saturated carbocycles. The summed E-state index contributed by atoms with van der Waals surface area (Å²) in [5, 5.41) is 3.11. The molecule has 204 valence electrons. The molecular formula is C37H25N5S. The zero-order chi connectivity index (χ0) is 28.7. The van der Waals surface area contributed by atoms with E-state index in [0.717, 1.165) is 31.8 Å². The van der Waals surface area contributed by atoms with Crippen LogP contribution in [0.25, 0.3) is 71.3 Å². The molecule has 6 heteroatoms. The highest BCUT2D eigenvalue weighted by molar-refractivity contribution is 7.21. The Kier molecular flexibility index (Phi) is 5.05. The highest BCUT2D eigenvalue weighted by Gasteiger charge is 2.35. The Morgan fingerprint density at radius 2 is 1.23 bits per heavy atom. The molecule has 5 aromatic carbocycles. The number of hydrogen-bond acceptors (Lipinski definition) is 5. The molecule has 0 bridgehead atoms.